The molecule has 130 valence electrons. The molecule has 1 rings (SSSR count). The highest BCUT2D eigenvalue weighted by Crippen LogP contribution is 2.27. The van der Waals surface area contributed by atoms with E-state index in [9.17, 15) is 4.79 Å². The van der Waals surface area contributed by atoms with Crippen molar-refractivity contribution < 1.29 is 9.53 Å². The molecule has 0 aliphatic carbocycles. The standard InChI is InChI=1S/C20H28N2O2/c1-7-9-10-11-17-15(5)22-13-18(20(23)24-14(3)4)19(17)16(8-2)12-21-6/h8,10-14H,7,9H2,1-6H3/b11-10-,16-8+,21-12?. The van der Waals surface area contributed by atoms with Gasteiger partial charge in [-0.25, -0.2) is 4.79 Å². The molecule has 0 aliphatic rings. The van der Waals surface area contributed by atoms with E-state index in [1.165, 1.54) is 0 Å². The van der Waals surface area contributed by atoms with Crippen LogP contribution in [0.25, 0.3) is 11.6 Å². The number of hydrogen-bond donors (Lipinski definition) is 0. The zero-order valence-electron chi connectivity index (χ0n) is 15.6. The molecule has 0 aromatic carbocycles. The van der Waals surface area contributed by atoms with Gasteiger partial charge in [0.2, 0.25) is 0 Å². The third-order valence-electron chi connectivity index (χ3n) is 3.49. The molecule has 0 amide bonds. The second-order valence-electron chi connectivity index (χ2n) is 5.82. The van der Waals surface area contributed by atoms with Crippen molar-refractivity contribution >= 4 is 23.8 Å². The summed E-state index contributed by atoms with van der Waals surface area (Å²) in [5.74, 6) is -0.360. The maximum Gasteiger partial charge on any atom is 0.340 e. The molecule has 4 heteroatoms. The molecule has 4 nitrogen and oxygen atoms in total. The number of rotatable bonds is 7. The van der Waals surface area contributed by atoms with Gasteiger partial charge >= 0.3 is 5.97 Å². The second-order valence-corrected chi connectivity index (χ2v) is 5.82. The molecule has 0 fully saturated rings. The summed E-state index contributed by atoms with van der Waals surface area (Å²) in [6.45, 7) is 9.69. The lowest BCUT2D eigenvalue weighted by atomic mass is 9.94. The zero-order valence-corrected chi connectivity index (χ0v) is 15.6. The Labute approximate surface area is 145 Å². The fourth-order valence-corrected chi connectivity index (χ4v) is 2.36. The molecule has 0 bridgehead atoms. The van der Waals surface area contributed by atoms with Crippen molar-refractivity contribution in [2.45, 2.75) is 53.6 Å². The third kappa shape index (κ3) is 5.15. The number of aryl methyl sites for hydroxylation is 1. The molecule has 1 aromatic heterocycles. The molecule has 0 N–H and O–H groups in total. The SMILES string of the molecule is C/C=C(\C=NC)c1c(C(=O)OC(C)C)cnc(C)c1/C=C\CCC. The molecular weight excluding hydrogens is 300 g/mol. The van der Waals surface area contributed by atoms with Gasteiger partial charge in [-0.2, -0.15) is 0 Å². The molecule has 0 saturated heterocycles. The lowest BCUT2D eigenvalue weighted by molar-refractivity contribution is 0.0377. The first-order valence-corrected chi connectivity index (χ1v) is 8.42. The predicted octanol–water partition coefficient (Wildman–Crippen LogP) is 4.87. The van der Waals surface area contributed by atoms with Gasteiger partial charge in [-0.1, -0.05) is 31.6 Å². The number of esters is 1. The predicted molar refractivity (Wildman–Crippen MR) is 102 cm³/mol. The number of aliphatic imine (C=N–C) groups is 1. The van der Waals surface area contributed by atoms with Crippen molar-refractivity contribution in [2.24, 2.45) is 4.99 Å². The van der Waals surface area contributed by atoms with Crippen LogP contribution in [0.15, 0.2) is 23.3 Å². The summed E-state index contributed by atoms with van der Waals surface area (Å²) in [5.41, 5.74) is 4.00. The molecule has 0 atom stereocenters. The van der Waals surface area contributed by atoms with Gasteiger partial charge in [-0.3, -0.25) is 9.98 Å². The quantitative estimate of drug-likeness (QED) is 0.530. The number of ether oxygens (including phenoxy) is 1. The molecule has 1 aromatic rings. The average Bonchev–Trinajstić information content (AvgIpc) is 2.53. The van der Waals surface area contributed by atoms with Crippen molar-refractivity contribution in [3.05, 3.63) is 40.7 Å². The van der Waals surface area contributed by atoms with Gasteiger partial charge in [-0.15, -0.1) is 0 Å². The largest absolute Gasteiger partial charge is 0.459 e. The Balaban J connectivity index is 3.59. The van der Waals surface area contributed by atoms with Crippen LogP contribution in [0.5, 0.6) is 0 Å². The van der Waals surface area contributed by atoms with Crippen LogP contribution < -0.4 is 0 Å². The van der Waals surface area contributed by atoms with Crippen LogP contribution in [0.1, 0.15) is 67.7 Å². The minimum atomic E-state index is -0.360. The molecule has 0 radical (unpaired) electrons. The number of aromatic nitrogens is 1. The number of carbonyl (C=O) groups excluding carboxylic acids is 1. The van der Waals surface area contributed by atoms with Crippen molar-refractivity contribution in [3.63, 3.8) is 0 Å². The van der Waals surface area contributed by atoms with Crippen molar-refractivity contribution in [1.82, 2.24) is 4.98 Å². The van der Waals surface area contributed by atoms with E-state index in [-0.39, 0.29) is 12.1 Å². The second kappa shape index (κ2) is 9.81. The van der Waals surface area contributed by atoms with Crippen LogP contribution in [-0.4, -0.2) is 30.3 Å². The van der Waals surface area contributed by atoms with Crippen LogP contribution in [0.3, 0.4) is 0 Å². The van der Waals surface area contributed by atoms with E-state index in [1.54, 1.807) is 19.5 Å². The lowest BCUT2D eigenvalue weighted by Crippen LogP contribution is -2.15. The van der Waals surface area contributed by atoms with Gasteiger partial charge in [0.05, 0.1) is 11.7 Å². The molecule has 24 heavy (non-hydrogen) atoms. The van der Waals surface area contributed by atoms with E-state index in [0.29, 0.717) is 5.56 Å². The highest BCUT2D eigenvalue weighted by Gasteiger charge is 2.20. The van der Waals surface area contributed by atoms with Crippen LogP contribution in [0.4, 0.5) is 0 Å². The summed E-state index contributed by atoms with van der Waals surface area (Å²) in [6.07, 6.45) is 11.3. The first kappa shape index (κ1) is 19.8. The first-order valence-electron chi connectivity index (χ1n) is 8.42. The maximum absolute atomic E-state index is 12.5. The van der Waals surface area contributed by atoms with Gasteiger partial charge in [0.25, 0.3) is 0 Å². The van der Waals surface area contributed by atoms with E-state index < -0.39 is 0 Å². The first-order chi connectivity index (χ1) is 11.5. The number of unbranched alkanes of at least 4 members (excludes halogenated alkanes) is 1. The molecule has 0 spiro atoms. The minimum absolute atomic E-state index is 0.181. The monoisotopic (exact) mass is 328 g/mol. The normalized spacial score (nSPS) is 12.5. The fraction of sp³-hybridized carbons (Fsp3) is 0.450. The summed E-state index contributed by atoms with van der Waals surface area (Å²) in [7, 11) is 1.72. The van der Waals surface area contributed by atoms with Gasteiger partial charge in [0, 0.05) is 36.3 Å². The molecule has 0 saturated carbocycles. The lowest BCUT2D eigenvalue weighted by Gasteiger charge is -2.16. The van der Waals surface area contributed by atoms with Gasteiger partial charge in [0.15, 0.2) is 0 Å². The van der Waals surface area contributed by atoms with E-state index in [1.807, 2.05) is 39.8 Å². The van der Waals surface area contributed by atoms with Crippen LogP contribution >= 0.6 is 0 Å². The maximum atomic E-state index is 12.5. The van der Waals surface area contributed by atoms with Crippen LogP contribution in [0.2, 0.25) is 0 Å². The highest BCUT2D eigenvalue weighted by atomic mass is 16.5. The van der Waals surface area contributed by atoms with E-state index in [4.69, 9.17) is 4.74 Å². The summed E-state index contributed by atoms with van der Waals surface area (Å²) in [6, 6.07) is 0. The molecular formula is C20H28N2O2. The van der Waals surface area contributed by atoms with E-state index in [2.05, 4.69) is 23.0 Å². The molecule has 0 unspecified atom stereocenters. The van der Waals surface area contributed by atoms with Crippen LogP contribution in [-0.2, 0) is 4.74 Å². The number of hydrogen-bond acceptors (Lipinski definition) is 4. The Morgan fingerprint density at radius 3 is 2.67 bits per heavy atom. The third-order valence-corrected chi connectivity index (χ3v) is 3.49. The van der Waals surface area contributed by atoms with Gasteiger partial charge in [0.1, 0.15) is 0 Å². The number of allylic oxidation sites excluding steroid dienone is 3. The Morgan fingerprint density at radius 2 is 2.12 bits per heavy atom. The summed E-state index contributed by atoms with van der Waals surface area (Å²) < 4.78 is 5.40. The number of carbonyl (C=O) groups is 1. The van der Waals surface area contributed by atoms with Gasteiger partial charge < -0.3 is 4.74 Å². The Hall–Kier alpha value is -2.23. The average molecular weight is 328 g/mol. The number of pyridine rings is 1. The van der Waals surface area contributed by atoms with Gasteiger partial charge in [-0.05, 0) is 39.7 Å². The minimum Gasteiger partial charge on any atom is -0.459 e. The van der Waals surface area contributed by atoms with Crippen molar-refractivity contribution in [3.8, 4) is 0 Å². The summed E-state index contributed by atoms with van der Waals surface area (Å²) in [5, 5.41) is 0. The fourth-order valence-electron chi connectivity index (χ4n) is 2.36. The van der Waals surface area contributed by atoms with Crippen LogP contribution in [0, 0.1) is 6.92 Å². The number of nitrogens with zero attached hydrogens (tertiary/aromatic N) is 2. The summed E-state index contributed by atoms with van der Waals surface area (Å²) >= 11 is 0. The van der Waals surface area contributed by atoms with E-state index >= 15 is 0 Å². The topological polar surface area (TPSA) is 51.5 Å². The molecule has 0 aliphatic heterocycles. The zero-order chi connectivity index (χ0) is 18.1. The van der Waals surface area contributed by atoms with Crippen molar-refractivity contribution in [1.29, 1.82) is 0 Å². The Bertz CT molecular complexity index is 656. The Kier molecular flexibility index (Phi) is 8.10. The molecule has 1 heterocycles. The van der Waals surface area contributed by atoms with Crippen molar-refractivity contribution in [2.75, 3.05) is 7.05 Å². The van der Waals surface area contributed by atoms with E-state index in [0.717, 1.165) is 35.2 Å². The summed E-state index contributed by atoms with van der Waals surface area (Å²) in [4.78, 5) is 21.1. The highest BCUT2D eigenvalue weighted by molar-refractivity contribution is 6.14. The smallest absolute Gasteiger partial charge is 0.340 e. The Morgan fingerprint density at radius 1 is 1.42 bits per heavy atom.